The molecule has 1 aromatic heterocycles. The Morgan fingerprint density at radius 1 is 1.03 bits per heavy atom. The molecule has 2 fully saturated rings. The minimum absolute atomic E-state index is 0.0676. The Morgan fingerprint density at radius 2 is 1.70 bits per heavy atom. The highest BCUT2D eigenvalue weighted by atomic mass is 16.4. The van der Waals surface area contributed by atoms with Crippen LogP contribution in [0.15, 0.2) is 30.5 Å². The van der Waals surface area contributed by atoms with Crippen LogP contribution in [0, 0.1) is 0 Å². The molecule has 3 amide bonds. The highest BCUT2D eigenvalue weighted by Gasteiger charge is 2.43. The van der Waals surface area contributed by atoms with Crippen molar-refractivity contribution in [3.63, 3.8) is 0 Å². The van der Waals surface area contributed by atoms with Crippen LogP contribution in [-0.2, 0) is 30.4 Å². The van der Waals surface area contributed by atoms with E-state index in [9.17, 15) is 29.1 Å². The number of carboxylic acids is 2. The van der Waals surface area contributed by atoms with E-state index in [0.29, 0.717) is 32.2 Å². The lowest BCUT2D eigenvalue weighted by molar-refractivity contribution is -0.149. The van der Waals surface area contributed by atoms with E-state index in [1.54, 1.807) is 6.20 Å². The van der Waals surface area contributed by atoms with E-state index in [-0.39, 0.29) is 13.0 Å². The number of benzene rings is 1. The van der Waals surface area contributed by atoms with E-state index in [1.165, 1.54) is 9.80 Å². The Labute approximate surface area is 212 Å². The average molecular weight is 514 g/mol. The van der Waals surface area contributed by atoms with Crippen molar-refractivity contribution >= 4 is 40.6 Å². The normalized spacial score (nSPS) is 21.1. The molecule has 3 heterocycles. The number of rotatable bonds is 9. The van der Waals surface area contributed by atoms with E-state index in [2.05, 4.69) is 10.3 Å². The number of fused-ring (bicyclic) bond motifs is 1. The maximum absolute atomic E-state index is 13.4. The summed E-state index contributed by atoms with van der Waals surface area (Å²) in [6, 6.07) is 3.32. The number of aromatic amines is 1. The Hall–Kier alpha value is -3.93. The minimum atomic E-state index is -1.26. The van der Waals surface area contributed by atoms with Crippen LogP contribution in [0.1, 0.15) is 37.7 Å². The Kier molecular flexibility index (Phi) is 7.77. The number of hydrogen-bond donors (Lipinski definition) is 5. The monoisotopic (exact) mass is 513 g/mol. The summed E-state index contributed by atoms with van der Waals surface area (Å²) < 4.78 is 0. The topological polar surface area (TPSA) is 186 Å². The number of likely N-dealkylation sites (tertiary alicyclic amines) is 2. The molecule has 12 heteroatoms. The van der Waals surface area contributed by atoms with Gasteiger partial charge in [-0.2, -0.15) is 0 Å². The quantitative estimate of drug-likeness (QED) is 0.311. The number of hydrogen-bond acceptors (Lipinski definition) is 6. The molecule has 2 aromatic rings. The maximum atomic E-state index is 13.4. The molecular formula is C25H31N5O7. The third-order valence-electron chi connectivity index (χ3n) is 7.08. The molecule has 4 unspecified atom stereocenters. The molecule has 198 valence electrons. The van der Waals surface area contributed by atoms with E-state index >= 15 is 0 Å². The first kappa shape index (κ1) is 26.1. The molecule has 4 atom stereocenters. The number of carbonyl (C=O) groups is 5. The summed E-state index contributed by atoms with van der Waals surface area (Å²) in [6.07, 6.45) is 3.11. The number of H-pyrrole nitrogens is 1. The predicted molar refractivity (Wildman–Crippen MR) is 131 cm³/mol. The number of aromatic nitrogens is 1. The number of nitrogens with zero attached hydrogens (tertiary/aromatic N) is 2. The van der Waals surface area contributed by atoms with Gasteiger partial charge in [-0.15, -0.1) is 0 Å². The first-order valence-corrected chi connectivity index (χ1v) is 12.3. The van der Waals surface area contributed by atoms with Crippen molar-refractivity contribution in [3.05, 3.63) is 36.0 Å². The number of amides is 3. The van der Waals surface area contributed by atoms with Crippen molar-refractivity contribution in [2.75, 3.05) is 13.1 Å². The van der Waals surface area contributed by atoms with Crippen molar-refractivity contribution in [3.8, 4) is 0 Å². The highest BCUT2D eigenvalue weighted by molar-refractivity contribution is 5.95. The van der Waals surface area contributed by atoms with Crippen LogP contribution in [0.5, 0.6) is 0 Å². The summed E-state index contributed by atoms with van der Waals surface area (Å²) in [4.78, 5) is 68.1. The van der Waals surface area contributed by atoms with Gasteiger partial charge in [0.05, 0.1) is 12.5 Å². The standard InChI is InChI=1S/C25H31N5O7/c26-16(12-21(31)32)23(34)30-10-4-8-20(30)24(35)29-9-3-7-19(29)22(33)28-18(25(36)37)11-14-13-27-17-6-2-1-5-15(14)17/h1-2,5-6,13,16,18-20,27H,3-4,7-12,26H2,(H,28,33)(H,31,32)(H,36,37). The zero-order valence-corrected chi connectivity index (χ0v) is 20.3. The summed E-state index contributed by atoms with van der Waals surface area (Å²) >= 11 is 0. The highest BCUT2D eigenvalue weighted by Crippen LogP contribution is 2.26. The fourth-order valence-corrected chi connectivity index (χ4v) is 5.26. The van der Waals surface area contributed by atoms with Gasteiger partial charge in [0.25, 0.3) is 0 Å². The van der Waals surface area contributed by atoms with Crippen molar-refractivity contribution < 1.29 is 34.2 Å². The molecule has 2 aliphatic rings. The van der Waals surface area contributed by atoms with E-state index in [1.807, 2.05) is 24.3 Å². The second-order valence-corrected chi connectivity index (χ2v) is 9.55. The van der Waals surface area contributed by atoms with E-state index < -0.39 is 60.2 Å². The van der Waals surface area contributed by atoms with Crippen LogP contribution in [0.25, 0.3) is 10.9 Å². The lowest BCUT2D eigenvalue weighted by Gasteiger charge is -2.32. The molecule has 2 aliphatic heterocycles. The van der Waals surface area contributed by atoms with Crippen molar-refractivity contribution in [1.82, 2.24) is 20.1 Å². The smallest absolute Gasteiger partial charge is 0.326 e. The van der Waals surface area contributed by atoms with Gasteiger partial charge in [0.2, 0.25) is 17.7 Å². The van der Waals surface area contributed by atoms with E-state index in [0.717, 1.165) is 16.5 Å². The van der Waals surface area contributed by atoms with Gasteiger partial charge in [-0.25, -0.2) is 4.79 Å². The Bertz CT molecular complexity index is 1210. The van der Waals surface area contributed by atoms with Gasteiger partial charge in [0.1, 0.15) is 18.1 Å². The van der Waals surface area contributed by atoms with E-state index in [4.69, 9.17) is 10.8 Å². The molecule has 0 bridgehead atoms. The van der Waals surface area contributed by atoms with Crippen molar-refractivity contribution in [2.24, 2.45) is 5.73 Å². The maximum Gasteiger partial charge on any atom is 0.326 e. The summed E-state index contributed by atoms with van der Waals surface area (Å²) in [6.45, 7) is 0.579. The molecule has 2 saturated heterocycles. The minimum Gasteiger partial charge on any atom is -0.481 e. The third-order valence-corrected chi connectivity index (χ3v) is 7.08. The second-order valence-electron chi connectivity index (χ2n) is 9.55. The number of aliphatic carboxylic acids is 2. The zero-order chi connectivity index (χ0) is 26.7. The van der Waals surface area contributed by atoms with Crippen LogP contribution < -0.4 is 11.1 Å². The first-order valence-electron chi connectivity index (χ1n) is 12.3. The molecule has 0 spiro atoms. The molecule has 6 N–H and O–H groups in total. The lowest BCUT2D eigenvalue weighted by atomic mass is 10.0. The molecule has 4 rings (SSSR count). The Balaban J connectivity index is 1.44. The average Bonchev–Trinajstić information content (AvgIpc) is 3.62. The van der Waals surface area contributed by atoms with Gasteiger partial charge in [0, 0.05) is 36.6 Å². The first-order chi connectivity index (χ1) is 17.7. The number of carboxylic acid groups (broad SMARTS) is 2. The largest absolute Gasteiger partial charge is 0.481 e. The van der Waals surface area contributed by atoms with Gasteiger partial charge < -0.3 is 36.0 Å². The molecule has 1 aromatic carbocycles. The molecular weight excluding hydrogens is 482 g/mol. The molecule has 0 saturated carbocycles. The fourth-order valence-electron chi connectivity index (χ4n) is 5.26. The van der Waals surface area contributed by atoms with Gasteiger partial charge in [-0.05, 0) is 37.3 Å². The fraction of sp³-hybridized carbons (Fsp3) is 0.480. The number of nitrogens with two attached hydrogens (primary N) is 1. The summed E-state index contributed by atoms with van der Waals surface area (Å²) in [5, 5.41) is 22.2. The van der Waals surface area contributed by atoms with Crippen molar-refractivity contribution in [1.29, 1.82) is 0 Å². The second kappa shape index (κ2) is 11.0. The Morgan fingerprint density at radius 3 is 2.41 bits per heavy atom. The van der Waals surface area contributed by atoms with Crippen molar-refractivity contribution in [2.45, 2.75) is 62.7 Å². The summed E-state index contributed by atoms with van der Waals surface area (Å²) in [5.74, 6) is -3.97. The van der Waals surface area contributed by atoms with Crippen LogP contribution in [-0.4, -0.2) is 91.9 Å². The summed E-state index contributed by atoms with van der Waals surface area (Å²) in [5.41, 5.74) is 7.35. The van der Waals surface area contributed by atoms with Crippen LogP contribution >= 0.6 is 0 Å². The van der Waals surface area contributed by atoms with Gasteiger partial charge >= 0.3 is 11.9 Å². The lowest BCUT2D eigenvalue weighted by Crippen LogP contribution is -2.56. The zero-order valence-electron chi connectivity index (χ0n) is 20.3. The predicted octanol–water partition coefficient (Wildman–Crippen LogP) is 0.0638. The molecule has 0 radical (unpaired) electrons. The van der Waals surface area contributed by atoms with Gasteiger partial charge in [-0.1, -0.05) is 18.2 Å². The molecule has 12 nitrogen and oxygen atoms in total. The van der Waals surface area contributed by atoms with Crippen LogP contribution in [0.3, 0.4) is 0 Å². The number of nitrogens with one attached hydrogen (secondary N) is 2. The van der Waals surface area contributed by atoms with Gasteiger partial charge in [-0.3, -0.25) is 19.2 Å². The molecule has 37 heavy (non-hydrogen) atoms. The van der Waals surface area contributed by atoms with Crippen LogP contribution in [0.2, 0.25) is 0 Å². The third kappa shape index (κ3) is 5.58. The SMILES string of the molecule is NC(CC(=O)O)C(=O)N1CCCC1C(=O)N1CCCC1C(=O)NC(Cc1c[nH]c2ccccc12)C(=O)O. The number of para-hydroxylation sites is 1. The van der Waals surface area contributed by atoms with Gasteiger partial charge in [0.15, 0.2) is 0 Å². The van der Waals surface area contributed by atoms with Crippen LogP contribution in [0.4, 0.5) is 0 Å². The summed E-state index contributed by atoms with van der Waals surface area (Å²) in [7, 11) is 0. The molecule has 0 aliphatic carbocycles. The number of carbonyl (C=O) groups excluding carboxylic acids is 3.